The van der Waals surface area contributed by atoms with Gasteiger partial charge in [-0.15, -0.1) is 0 Å². The molecule has 0 saturated heterocycles. The molecule has 164 valence electrons. The molecule has 9 heteroatoms. The number of carboxylic acid groups (broad SMARTS) is 1. The number of nitro groups is 1. The van der Waals surface area contributed by atoms with Gasteiger partial charge in [-0.2, -0.15) is 0 Å². The standard InChI is InChI=1S/C23H18Cl2N2O5/c24-17-8-11-19(20(25)13-17)22(28)26(14-16-6-9-18(10-7-16)27(31)32)21(23(29)30)12-15-4-2-1-3-5-15/h1-11,13,21H,12,14H2,(H,29,30). The van der Waals surface area contributed by atoms with E-state index in [9.17, 15) is 24.8 Å². The molecule has 0 aliphatic carbocycles. The van der Waals surface area contributed by atoms with Crippen molar-refractivity contribution in [2.75, 3.05) is 0 Å². The predicted molar refractivity (Wildman–Crippen MR) is 121 cm³/mol. The first-order chi connectivity index (χ1) is 15.3. The van der Waals surface area contributed by atoms with Crippen LogP contribution in [0, 0.1) is 10.1 Å². The van der Waals surface area contributed by atoms with Crippen LogP contribution in [0.4, 0.5) is 5.69 Å². The molecule has 0 bridgehead atoms. The number of carbonyl (C=O) groups is 2. The van der Waals surface area contributed by atoms with E-state index in [1.807, 2.05) is 6.07 Å². The van der Waals surface area contributed by atoms with Gasteiger partial charge in [0.05, 0.1) is 15.5 Å². The van der Waals surface area contributed by atoms with Crippen molar-refractivity contribution in [3.8, 4) is 0 Å². The number of non-ortho nitro benzene ring substituents is 1. The van der Waals surface area contributed by atoms with Crippen molar-refractivity contribution < 1.29 is 19.6 Å². The maximum absolute atomic E-state index is 13.4. The third kappa shape index (κ3) is 5.63. The Bertz CT molecular complexity index is 1140. The lowest BCUT2D eigenvalue weighted by Crippen LogP contribution is -2.46. The van der Waals surface area contributed by atoms with Crippen LogP contribution in [0.2, 0.25) is 10.0 Å². The average molecular weight is 473 g/mol. The maximum Gasteiger partial charge on any atom is 0.326 e. The number of benzene rings is 3. The largest absolute Gasteiger partial charge is 0.480 e. The van der Waals surface area contributed by atoms with E-state index in [4.69, 9.17) is 23.2 Å². The van der Waals surface area contributed by atoms with E-state index >= 15 is 0 Å². The number of nitro benzene ring substituents is 1. The van der Waals surface area contributed by atoms with Crippen LogP contribution in [-0.4, -0.2) is 32.8 Å². The zero-order valence-electron chi connectivity index (χ0n) is 16.7. The second-order valence-electron chi connectivity index (χ2n) is 7.02. The lowest BCUT2D eigenvalue weighted by Gasteiger charge is -2.30. The summed E-state index contributed by atoms with van der Waals surface area (Å²) in [6.07, 6.45) is 0.0695. The Balaban J connectivity index is 2.00. The van der Waals surface area contributed by atoms with Gasteiger partial charge < -0.3 is 10.0 Å². The van der Waals surface area contributed by atoms with E-state index in [0.717, 1.165) is 5.56 Å². The van der Waals surface area contributed by atoms with Gasteiger partial charge in [-0.05, 0) is 29.3 Å². The number of halogens is 2. The molecule has 0 fully saturated rings. The fourth-order valence-electron chi connectivity index (χ4n) is 3.23. The molecule has 1 amide bonds. The summed E-state index contributed by atoms with van der Waals surface area (Å²) in [7, 11) is 0. The molecule has 0 spiro atoms. The summed E-state index contributed by atoms with van der Waals surface area (Å²) in [5.74, 6) is -1.78. The number of nitrogens with zero attached hydrogens (tertiary/aromatic N) is 2. The lowest BCUT2D eigenvalue weighted by atomic mass is 10.0. The van der Waals surface area contributed by atoms with Crippen LogP contribution in [0.5, 0.6) is 0 Å². The Morgan fingerprint density at radius 1 is 0.969 bits per heavy atom. The van der Waals surface area contributed by atoms with E-state index in [2.05, 4.69) is 0 Å². The summed E-state index contributed by atoms with van der Waals surface area (Å²) >= 11 is 12.2. The van der Waals surface area contributed by atoms with Crippen molar-refractivity contribution >= 4 is 40.8 Å². The molecule has 0 heterocycles. The molecule has 0 saturated carbocycles. The van der Waals surface area contributed by atoms with Gasteiger partial charge in [0.1, 0.15) is 6.04 Å². The highest BCUT2D eigenvalue weighted by molar-refractivity contribution is 6.36. The zero-order valence-corrected chi connectivity index (χ0v) is 18.2. The van der Waals surface area contributed by atoms with E-state index < -0.39 is 22.8 Å². The number of hydrogen-bond acceptors (Lipinski definition) is 4. The highest BCUT2D eigenvalue weighted by atomic mass is 35.5. The van der Waals surface area contributed by atoms with Crippen molar-refractivity contribution in [1.29, 1.82) is 0 Å². The Labute approximate surface area is 194 Å². The van der Waals surface area contributed by atoms with Crippen LogP contribution >= 0.6 is 23.2 Å². The normalized spacial score (nSPS) is 11.6. The quantitative estimate of drug-likeness (QED) is 0.356. The van der Waals surface area contributed by atoms with Gasteiger partial charge in [0.15, 0.2) is 0 Å². The Morgan fingerprint density at radius 2 is 1.62 bits per heavy atom. The number of rotatable bonds is 8. The van der Waals surface area contributed by atoms with Crippen molar-refractivity contribution in [2.24, 2.45) is 0 Å². The minimum Gasteiger partial charge on any atom is -0.480 e. The van der Waals surface area contributed by atoms with Crippen LogP contribution < -0.4 is 0 Å². The van der Waals surface area contributed by atoms with Crippen LogP contribution in [0.1, 0.15) is 21.5 Å². The van der Waals surface area contributed by atoms with Gasteiger partial charge >= 0.3 is 5.97 Å². The van der Waals surface area contributed by atoms with Gasteiger partial charge in [0, 0.05) is 30.1 Å². The highest BCUT2D eigenvalue weighted by Crippen LogP contribution is 2.25. The molecular formula is C23H18Cl2N2O5. The summed E-state index contributed by atoms with van der Waals surface area (Å²) < 4.78 is 0. The van der Waals surface area contributed by atoms with E-state index in [-0.39, 0.29) is 29.2 Å². The Kier molecular flexibility index (Phi) is 7.45. The lowest BCUT2D eigenvalue weighted by molar-refractivity contribution is -0.384. The molecule has 3 aromatic rings. The highest BCUT2D eigenvalue weighted by Gasteiger charge is 2.32. The van der Waals surface area contributed by atoms with Crippen LogP contribution in [0.25, 0.3) is 0 Å². The molecule has 1 unspecified atom stereocenters. The third-order valence-electron chi connectivity index (χ3n) is 4.86. The van der Waals surface area contributed by atoms with Gasteiger partial charge in [-0.25, -0.2) is 4.79 Å². The molecule has 32 heavy (non-hydrogen) atoms. The molecule has 1 N–H and O–H groups in total. The zero-order chi connectivity index (χ0) is 23.3. The van der Waals surface area contributed by atoms with E-state index in [1.54, 1.807) is 24.3 Å². The number of carboxylic acids is 1. The molecule has 7 nitrogen and oxygen atoms in total. The minimum atomic E-state index is -1.20. The minimum absolute atomic E-state index is 0.0695. The second-order valence-corrected chi connectivity index (χ2v) is 7.87. The third-order valence-corrected chi connectivity index (χ3v) is 5.40. The molecule has 1 atom stereocenters. The first-order valence-corrected chi connectivity index (χ1v) is 10.3. The number of carbonyl (C=O) groups excluding carboxylic acids is 1. The molecule has 0 aliphatic rings. The Hall–Kier alpha value is -3.42. The van der Waals surface area contributed by atoms with Crippen LogP contribution in [0.15, 0.2) is 72.8 Å². The van der Waals surface area contributed by atoms with Gasteiger partial charge in [-0.3, -0.25) is 14.9 Å². The number of aliphatic carboxylic acids is 1. The van der Waals surface area contributed by atoms with E-state index in [0.29, 0.717) is 10.6 Å². The molecular weight excluding hydrogens is 455 g/mol. The summed E-state index contributed by atoms with van der Waals surface area (Å²) in [6, 6.07) is 17.7. The van der Waals surface area contributed by atoms with Crippen molar-refractivity contribution in [3.05, 3.63) is 110 Å². The van der Waals surface area contributed by atoms with Gasteiger partial charge in [0.25, 0.3) is 11.6 Å². The molecule has 0 aromatic heterocycles. The summed E-state index contributed by atoms with van der Waals surface area (Å²) in [5.41, 5.74) is 1.28. The first kappa shape index (κ1) is 23.2. The van der Waals surface area contributed by atoms with Crippen molar-refractivity contribution in [2.45, 2.75) is 19.0 Å². The topological polar surface area (TPSA) is 101 Å². The van der Waals surface area contributed by atoms with E-state index in [1.165, 1.54) is 47.4 Å². The summed E-state index contributed by atoms with van der Waals surface area (Å²) in [4.78, 5) is 37.2. The summed E-state index contributed by atoms with van der Waals surface area (Å²) in [6.45, 7) is -0.0837. The van der Waals surface area contributed by atoms with Crippen molar-refractivity contribution in [3.63, 3.8) is 0 Å². The maximum atomic E-state index is 13.4. The average Bonchev–Trinajstić information content (AvgIpc) is 2.76. The predicted octanol–water partition coefficient (Wildman–Crippen LogP) is 5.24. The van der Waals surface area contributed by atoms with Gasteiger partial charge in [-0.1, -0.05) is 65.7 Å². The molecule has 0 radical (unpaired) electrons. The van der Waals surface area contributed by atoms with Gasteiger partial charge in [0.2, 0.25) is 0 Å². The molecule has 0 aliphatic heterocycles. The SMILES string of the molecule is O=C(O)C(Cc1ccccc1)N(Cc1ccc([N+](=O)[O-])cc1)C(=O)c1ccc(Cl)cc1Cl. The fraction of sp³-hybridized carbons (Fsp3) is 0.130. The smallest absolute Gasteiger partial charge is 0.326 e. The number of amides is 1. The van der Waals surface area contributed by atoms with Crippen molar-refractivity contribution in [1.82, 2.24) is 4.90 Å². The summed E-state index contributed by atoms with van der Waals surface area (Å²) in [5, 5.41) is 21.3. The second kappa shape index (κ2) is 10.3. The van der Waals surface area contributed by atoms with Crippen LogP contribution in [-0.2, 0) is 17.8 Å². The Morgan fingerprint density at radius 3 is 2.19 bits per heavy atom. The first-order valence-electron chi connectivity index (χ1n) is 9.52. The monoisotopic (exact) mass is 472 g/mol. The number of hydrogen-bond donors (Lipinski definition) is 1. The fourth-order valence-corrected chi connectivity index (χ4v) is 3.72. The molecule has 3 rings (SSSR count). The molecule has 3 aromatic carbocycles. The van der Waals surface area contributed by atoms with Crippen LogP contribution in [0.3, 0.4) is 0 Å².